The Morgan fingerprint density at radius 2 is 1.92 bits per heavy atom. The van der Waals surface area contributed by atoms with Crippen LogP contribution in [0.4, 0.5) is 5.82 Å². The van der Waals surface area contributed by atoms with Crippen LogP contribution in [-0.2, 0) is 6.42 Å². The standard InChI is InChI=1S/C19H19Cl2N4/c1-13-5-8-24(9-6-13)19-16-12-23-17(25(16)10-7-22-19)11-14-3-2-4-15(20)18(14)21/h2-4,7,10,12H,5-6,8-9,11H2,1H3. The molecule has 0 saturated carbocycles. The molecule has 1 aromatic carbocycles. The third-order valence-electron chi connectivity index (χ3n) is 4.81. The highest BCUT2D eigenvalue weighted by Gasteiger charge is 2.20. The third-order valence-corrected chi connectivity index (χ3v) is 5.67. The Morgan fingerprint density at radius 1 is 1.12 bits per heavy atom. The van der Waals surface area contributed by atoms with E-state index in [0.29, 0.717) is 16.5 Å². The first-order valence-corrected chi connectivity index (χ1v) is 9.19. The number of halogens is 2. The Balaban J connectivity index is 1.68. The van der Waals surface area contributed by atoms with E-state index in [1.165, 1.54) is 0 Å². The largest absolute Gasteiger partial charge is 0.355 e. The van der Waals surface area contributed by atoms with E-state index < -0.39 is 0 Å². The molecule has 1 aliphatic rings. The number of imidazole rings is 1. The van der Waals surface area contributed by atoms with Gasteiger partial charge in [-0.2, -0.15) is 0 Å². The second-order valence-electron chi connectivity index (χ2n) is 6.51. The molecule has 1 fully saturated rings. The highest BCUT2D eigenvalue weighted by molar-refractivity contribution is 6.42. The molecule has 2 aromatic heterocycles. The molecule has 0 aliphatic carbocycles. The minimum absolute atomic E-state index is 0.572. The Morgan fingerprint density at radius 3 is 2.72 bits per heavy atom. The minimum Gasteiger partial charge on any atom is -0.355 e. The lowest BCUT2D eigenvalue weighted by atomic mass is 9.99. The zero-order valence-corrected chi connectivity index (χ0v) is 15.6. The monoisotopic (exact) mass is 373 g/mol. The van der Waals surface area contributed by atoms with Gasteiger partial charge in [-0.25, -0.2) is 9.97 Å². The lowest BCUT2D eigenvalue weighted by molar-refractivity contribution is 0.609. The van der Waals surface area contributed by atoms with Gasteiger partial charge in [0.25, 0.3) is 0 Å². The smallest absolute Gasteiger partial charge is 0.154 e. The fourth-order valence-corrected chi connectivity index (χ4v) is 3.68. The predicted octanol–water partition coefficient (Wildman–Crippen LogP) is 4.82. The topological polar surface area (TPSA) is 33.4 Å². The van der Waals surface area contributed by atoms with E-state index in [4.69, 9.17) is 23.2 Å². The molecule has 3 aromatic rings. The molecule has 4 nitrogen and oxygen atoms in total. The number of hydrogen-bond donors (Lipinski definition) is 0. The first kappa shape index (κ1) is 16.7. The van der Waals surface area contributed by atoms with Crippen LogP contribution in [-0.4, -0.2) is 27.5 Å². The summed E-state index contributed by atoms with van der Waals surface area (Å²) in [5.41, 5.74) is 2.01. The summed E-state index contributed by atoms with van der Waals surface area (Å²) in [6, 6.07) is 5.70. The molecule has 0 N–H and O–H groups in total. The van der Waals surface area contributed by atoms with E-state index in [1.807, 2.05) is 30.7 Å². The first-order valence-electron chi connectivity index (χ1n) is 8.43. The normalized spacial score (nSPS) is 15.9. The Bertz CT molecular complexity index is 898. The zero-order valence-electron chi connectivity index (χ0n) is 14.0. The van der Waals surface area contributed by atoms with Crippen molar-refractivity contribution in [2.24, 2.45) is 0 Å². The van der Waals surface area contributed by atoms with Gasteiger partial charge in [0.05, 0.1) is 16.2 Å². The van der Waals surface area contributed by atoms with Crippen LogP contribution in [0.3, 0.4) is 0 Å². The van der Waals surface area contributed by atoms with E-state index in [-0.39, 0.29) is 0 Å². The van der Waals surface area contributed by atoms with Crippen molar-refractivity contribution < 1.29 is 0 Å². The van der Waals surface area contributed by atoms with E-state index in [0.717, 1.165) is 48.7 Å². The second kappa shape index (κ2) is 6.85. The molecule has 0 atom stereocenters. The fraction of sp³-hybridized carbons (Fsp3) is 0.316. The Kier molecular flexibility index (Phi) is 4.57. The minimum atomic E-state index is 0.572. The van der Waals surface area contributed by atoms with Gasteiger partial charge in [-0.15, -0.1) is 0 Å². The molecule has 0 unspecified atom stereocenters. The average molecular weight is 374 g/mol. The summed E-state index contributed by atoms with van der Waals surface area (Å²) in [4.78, 5) is 11.6. The van der Waals surface area contributed by atoms with Crippen molar-refractivity contribution >= 4 is 34.5 Å². The number of benzene rings is 1. The number of nitrogens with zero attached hydrogens (tertiary/aromatic N) is 4. The highest BCUT2D eigenvalue weighted by atomic mass is 35.5. The van der Waals surface area contributed by atoms with Crippen molar-refractivity contribution in [1.29, 1.82) is 0 Å². The second-order valence-corrected chi connectivity index (χ2v) is 7.30. The van der Waals surface area contributed by atoms with Crippen LogP contribution < -0.4 is 4.90 Å². The molecule has 0 bridgehead atoms. The lowest BCUT2D eigenvalue weighted by Gasteiger charge is -2.31. The number of fused-ring (bicyclic) bond motifs is 1. The molecule has 0 spiro atoms. The number of hydrogen-bond acceptors (Lipinski definition) is 3. The van der Waals surface area contributed by atoms with E-state index in [1.54, 1.807) is 12.0 Å². The summed E-state index contributed by atoms with van der Waals surface area (Å²) in [5.74, 6) is 3.50. The van der Waals surface area contributed by atoms with Gasteiger partial charge >= 0.3 is 0 Å². The van der Waals surface area contributed by atoms with Gasteiger partial charge in [-0.05, 0) is 30.4 Å². The van der Waals surface area contributed by atoms with Gasteiger partial charge in [-0.1, -0.05) is 42.3 Å². The molecule has 6 heteroatoms. The van der Waals surface area contributed by atoms with Crippen molar-refractivity contribution in [3.63, 3.8) is 0 Å². The summed E-state index contributed by atoms with van der Waals surface area (Å²) < 4.78 is 2.10. The summed E-state index contributed by atoms with van der Waals surface area (Å²) in [7, 11) is 0. The van der Waals surface area contributed by atoms with Crippen molar-refractivity contribution in [3.05, 3.63) is 64.1 Å². The molecule has 4 rings (SSSR count). The van der Waals surface area contributed by atoms with Gasteiger partial charge in [0, 0.05) is 31.9 Å². The number of anilines is 1. The number of aromatic nitrogens is 3. The molecule has 129 valence electrons. The van der Waals surface area contributed by atoms with Gasteiger partial charge < -0.3 is 4.90 Å². The number of piperidine rings is 1. The molecular formula is C19H19Cl2N4. The van der Waals surface area contributed by atoms with Crippen LogP contribution in [0.25, 0.3) is 5.52 Å². The molecule has 1 radical (unpaired) electrons. The highest BCUT2D eigenvalue weighted by Crippen LogP contribution is 2.29. The number of rotatable bonds is 3. The quantitative estimate of drug-likeness (QED) is 0.659. The van der Waals surface area contributed by atoms with Crippen molar-refractivity contribution in [1.82, 2.24) is 14.4 Å². The summed E-state index contributed by atoms with van der Waals surface area (Å²) in [6.07, 6.45) is 8.59. The average Bonchev–Trinajstić information content (AvgIpc) is 3.03. The van der Waals surface area contributed by atoms with E-state index in [9.17, 15) is 0 Å². The van der Waals surface area contributed by atoms with Gasteiger partial charge in [0.1, 0.15) is 11.3 Å². The van der Waals surface area contributed by atoms with Crippen LogP contribution in [0.15, 0.2) is 36.8 Å². The van der Waals surface area contributed by atoms with E-state index >= 15 is 0 Å². The van der Waals surface area contributed by atoms with Gasteiger partial charge in [-0.3, -0.25) is 4.40 Å². The molecule has 0 amide bonds. The lowest BCUT2D eigenvalue weighted by Crippen LogP contribution is -2.33. The van der Waals surface area contributed by atoms with Crippen molar-refractivity contribution in [3.8, 4) is 0 Å². The maximum Gasteiger partial charge on any atom is 0.154 e. The molecule has 25 heavy (non-hydrogen) atoms. The van der Waals surface area contributed by atoms with Gasteiger partial charge in [0.2, 0.25) is 0 Å². The molecule has 1 aliphatic heterocycles. The summed E-state index contributed by atoms with van der Waals surface area (Å²) >= 11 is 12.5. The Labute approximate surface area is 157 Å². The van der Waals surface area contributed by atoms with Crippen LogP contribution >= 0.6 is 23.2 Å². The summed E-state index contributed by atoms with van der Waals surface area (Å²) in [5, 5.41) is 1.17. The Hall–Kier alpha value is -1.78. The molecular weight excluding hydrogens is 355 g/mol. The fourth-order valence-electron chi connectivity index (χ4n) is 3.30. The third kappa shape index (κ3) is 3.21. The maximum atomic E-state index is 6.34. The maximum absolute atomic E-state index is 6.34. The van der Waals surface area contributed by atoms with Crippen molar-refractivity contribution in [2.75, 3.05) is 18.0 Å². The molecule has 1 saturated heterocycles. The first-order chi connectivity index (χ1) is 12.1. The SMILES string of the molecule is C[C]1CCN(c2nccn3c(Cc4cccc(Cl)c4Cl)ncc23)CC1. The summed E-state index contributed by atoms with van der Waals surface area (Å²) in [6.45, 7) is 4.26. The van der Waals surface area contributed by atoms with Crippen LogP contribution in [0.2, 0.25) is 10.0 Å². The van der Waals surface area contributed by atoms with E-state index in [2.05, 4.69) is 26.2 Å². The predicted molar refractivity (Wildman–Crippen MR) is 103 cm³/mol. The van der Waals surface area contributed by atoms with Crippen molar-refractivity contribution in [2.45, 2.75) is 26.2 Å². The molecule has 3 heterocycles. The van der Waals surface area contributed by atoms with Gasteiger partial charge in [0.15, 0.2) is 5.82 Å². The zero-order chi connectivity index (χ0) is 17.4. The van der Waals surface area contributed by atoms with Crippen LogP contribution in [0, 0.1) is 5.92 Å². The van der Waals surface area contributed by atoms with Crippen LogP contribution in [0.1, 0.15) is 31.2 Å². The van der Waals surface area contributed by atoms with Crippen LogP contribution in [0.5, 0.6) is 0 Å².